The molecule has 0 aliphatic carbocycles. The van der Waals surface area contributed by atoms with Crippen LogP contribution in [0, 0.1) is 6.92 Å². The molecule has 4 aromatic carbocycles. The van der Waals surface area contributed by atoms with Crippen LogP contribution in [0.1, 0.15) is 5.69 Å². The number of benzene rings is 4. The van der Waals surface area contributed by atoms with Crippen molar-refractivity contribution >= 4 is 43.5 Å². The maximum absolute atomic E-state index is 13.3. The van der Waals surface area contributed by atoms with Crippen LogP contribution in [-0.4, -0.2) is 27.6 Å². The largest absolute Gasteiger partial charge is 0.497 e. The number of aryl methyl sites for hydroxylation is 1. The molecule has 0 unspecified atom stereocenters. The number of sulfone groups is 1. The number of nitrogens with zero attached hydrogens (tertiary/aromatic N) is 1. The molecule has 0 radical (unpaired) electrons. The smallest absolute Gasteiger partial charge is 0.206 e. The van der Waals surface area contributed by atoms with Crippen molar-refractivity contribution in [3.63, 3.8) is 0 Å². The molecule has 0 atom stereocenters. The molecule has 0 fully saturated rings. The average molecular weight is 526 g/mol. The summed E-state index contributed by atoms with van der Waals surface area (Å²) in [4.78, 5) is 5.05. The first-order valence-corrected chi connectivity index (χ1v) is 13.4. The number of nitrogens with one attached hydrogen (secondary N) is 2. The van der Waals surface area contributed by atoms with Crippen LogP contribution in [0.4, 0.5) is 22.7 Å². The Labute approximate surface area is 222 Å². The number of hydrogen-bond donors (Lipinski definition) is 2. The Hall–Kier alpha value is -4.56. The summed E-state index contributed by atoms with van der Waals surface area (Å²) in [5, 5.41) is 7.56. The molecule has 1 heterocycles. The van der Waals surface area contributed by atoms with Crippen molar-refractivity contribution in [1.29, 1.82) is 0 Å². The van der Waals surface area contributed by atoms with Gasteiger partial charge in [-0.2, -0.15) is 0 Å². The van der Waals surface area contributed by atoms with Gasteiger partial charge in [0.25, 0.3) is 0 Å². The Morgan fingerprint density at radius 2 is 1.24 bits per heavy atom. The fourth-order valence-electron chi connectivity index (χ4n) is 4.19. The molecule has 0 aliphatic heterocycles. The third-order valence-electron chi connectivity index (χ3n) is 6.14. The van der Waals surface area contributed by atoms with Gasteiger partial charge in [-0.25, -0.2) is 13.4 Å². The van der Waals surface area contributed by atoms with Gasteiger partial charge in [-0.3, -0.25) is 0 Å². The van der Waals surface area contributed by atoms with Gasteiger partial charge in [-0.05, 0) is 91.9 Å². The molecule has 0 spiro atoms. The number of methoxy groups -OCH3 is 2. The first kappa shape index (κ1) is 25.1. The highest BCUT2D eigenvalue weighted by Crippen LogP contribution is 2.32. The first-order valence-electron chi connectivity index (χ1n) is 11.9. The van der Waals surface area contributed by atoms with E-state index in [1.165, 1.54) is 0 Å². The summed E-state index contributed by atoms with van der Waals surface area (Å²) in [6.07, 6.45) is 0. The van der Waals surface area contributed by atoms with Crippen LogP contribution in [0.15, 0.2) is 107 Å². The molecule has 0 bridgehead atoms. The van der Waals surface area contributed by atoms with Gasteiger partial charge in [-0.15, -0.1) is 0 Å². The van der Waals surface area contributed by atoms with Gasteiger partial charge in [0, 0.05) is 33.8 Å². The van der Waals surface area contributed by atoms with Gasteiger partial charge in [0.2, 0.25) is 9.84 Å². The van der Waals surface area contributed by atoms with Crippen LogP contribution in [0.25, 0.3) is 10.9 Å². The second kappa shape index (κ2) is 10.4. The molecule has 0 aliphatic rings. The number of aromatic nitrogens is 1. The SMILES string of the molecule is COc1ccc(Nc2ccc(S(=O)(=O)c3ccc(Nc4cc(C)nc5c(OC)cccc45)cc3)cc2)cc1. The van der Waals surface area contributed by atoms with Crippen molar-refractivity contribution in [1.82, 2.24) is 4.98 Å². The summed E-state index contributed by atoms with van der Waals surface area (Å²) >= 11 is 0. The Kier molecular flexibility index (Phi) is 6.89. The van der Waals surface area contributed by atoms with E-state index < -0.39 is 9.84 Å². The summed E-state index contributed by atoms with van der Waals surface area (Å²) in [7, 11) is -0.437. The minimum Gasteiger partial charge on any atom is -0.497 e. The highest BCUT2D eigenvalue weighted by molar-refractivity contribution is 7.91. The first-order chi connectivity index (χ1) is 18.4. The van der Waals surface area contributed by atoms with Crippen molar-refractivity contribution in [2.75, 3.05) is 24.9 Å². The van der Waals surface area contributed by atoms with Gasteiger partial charge in [-0.1, -0.05) is 12.1 Å². The molecule has 5 rings (SSSR count). The molecule has 0 amide bonds. The van der Waals surface area contributed by atoms with Gasteiger partial charge in [0.05, 0.1) is 24.0 Å². The molecule has 7 nitrogen and oxygen atoms in total. The average Bonchev–Trinajstić information content (AvgIpc) is 2.94. The van der Waals surface area contributed by atoms with Crippen molar-refractivity contribution in [2.24, 2.45) is 0 Å². The fourth-order valence-corrected chi connectivity index (χ4v) is 5.45. The van der Waals surface area contributed by atoms with Crippen LogP contribution in [-0.2, 0) is 9.84 Å². The van der Waals surface area contributed by atoms with Crippen LogP contribution in [0.2, 0.25) is 0 Å². The lowest BCUT2D eigenvalue weighted by Gasteiger charge is -2.13. The molecule has 38 heavy (non-hydrogen) atoms. The highest BCUT2D eigenvalue weighted by atomic mass is 32.2. The standard InChI is InChI=1S/C30H27N3O4S/c1-20-19-28(27-5-4-6-29(37-3)30(27)31-20)33-23-11-17-26(18-12-23)38(34,35)25-15-9-22(10-16-25)32-21-7-13-24(36-2)14-8-21/h4-19,32H,1-3H3,(H,31,33). The van der Waals surface area contributed by atoms with Crippen molar-refractivity contribution in [2.45, 2.75) is 16.7 Å². The van der Waals surface area contributed by atoms with E-state index in [9.17, 15) is 8.42 Å². The van der Waals surface area contributed by atoms with E-state index in [1.807, 2.05) is 55.5 Å². The molecule has 0 saturated carbocycles. The third-order valence-corrected chi connectivity index (χ3v) is 7.92. The lowest BCUT2D eigenvalue weighted by atomic mass is 10.1. The van der Waals surface area contributed by atoms with Gasteiger partial charge < -0.3 is 20.1 Å². The zero-order valence-corrected chi connectivity index (χ0v) is 22.0. The molecular formula is C30H27N3O4S. The summed E-state index contributed by atoms with van der Waals surface area (Å²) in [6.45, 7) is 1.92. The van der Waals surface area contributed by atoms with E-state index in [0.717, 1.165) is 45.1 Å². The van der Waals surface area contributed by atoms with Gasteiger partial charge in [0.15, 0.2) is 0 Å². The highest BCUT2D eigenvalue weighted by Gasteiger charge is 2.18. The van der Waals surface area contributed by atoms with Crippen LogP contribution >= 0.6 is 0 Å². The molecule has 0 saturated heterocycles. The normalized spacial score (nSPS) is 11.2. The van der Waals surface area contributed by atoms with E-state index in [0.29, 0.717) is 5.75 Å². The summed E-state index contributed by atoms with van der Waals surface area (Å²) in [5.41, 5.74) is 4.89. The molecule has 8 heteroatoms. The maximum atomic E-state index is 13.3. The van der Waals surface area contributed by atoms with Crippen LogP contribution in [0.5, 0.6) is 11.5 Å². The number of anilines is 4. The van der Waals surface area contributed by atoms with Crippen molar-refractivity contribution in [3.05, 3.63) is 103 Å². The van der Waals surface area contributed by atoms with Gasteiger partial charge in [0.1, 0.15) is 17.0 Å². The number of hydrogen-bond acceptors (Lipinski definition) is 7. The number of pyridine rings is 1. The minimum absolute atomic E-state index is 0.219. The lowest BCUT2D eigenvalue weighted by Crippen LogP contribution is -2.03. The summed E-state index contributed by atoms with van der Waals surface area (Å²) in [6, 6.07) is 28.7. The van der Waals surface area contributed by atoms with E-state index in [4.69, 9.17) is 9.47 Å². The molecule has 2 N–H and O–H groups in total. The maximum Gasteiger partial charge on any atom is 0.206 e. The number of fused-ring (bicyclic) bond motifs is 1. The zero-order chi connectivity index (χ0) is 26.7. The van der Waals surface area contributed by atoms with Gasteiger partial charge >= 0.3 is 0 Å². The van der Waals surface area contributed by atoms with E-state index >= 15 is 0 Å². The summed E-state index contributed by atoms with van der Waals surface area (Å²) in [5.74, 6) is 1.46. The fraction of sp³-hybridized carbons (Fsp3) is 0.100. The minimum atomic E-state index is -3.68. The van der Waals surface area contributed by atoms with Crippen LogP contribution < -0.4 is 20.1 Å². The monoisotopic (exact) mass is 525 g/mol. The Balaban J connectivity index is 1.34. The van der Waals surface area contributed by atoms with Crippen LogP contribution in [0.3, 0.4) is 0 Å². The Morgan fingerprint density at radius 3 is 1.79 bits per heavy atom. The topological polar surface area (TPSA) is 89.5 Å². The Morgan fingerprint density at radius 1 is 0.684 bits per heavy atom. The zero-order valence-electron chi connectivity index (χ0n) is 21.2. The molecule has 5 aromatic rings. The predicted octanol–water partition coefficient (Wildman–Crippen LogP) is 6.88. The molecule has 192 valence electrons. The van der Waals surface area contributed by atoms with E-state index in [1.54, 1.807) is 62.8 Å². The molecular weight excluding hydrogens is 498 g/mol. The van der Waals surface area contributed by atoms with Crippen molar-refractivity contribution in [3.8, 4) is 11.5 Å². The summed E-state index contributed by atoms with van der Waals surface area (Å²) < 4.78 is 37.2. The third kappa shape index (κ3) is 5.12. The quantitative estimate of drug-likeness (QED) is 0.228. The Bertz CT molecular complexity index is 1680. The second-order valence-electron chi connectivity index (χ2n) is 8.70. The second-order valence-corrected chi connectivity index (χ2v) is 10.6. The van der Waals surface area contributed by atoms with Crippen molar-refractivity contribution < 1.29 is 17.9 Å². The molecule has 1 aromatic heterocycles. The number of para-hydroxylation sites is 1. The number of ether oxygens (including phenoxy) is 2. The number of rotatable bonds is 8. The van der Waals surface area contributed by atoms with E-state index in [-0.39, 0.29) is 9.79 Å². The van der Waals surface area contributed by atoms with E-state index in [2.05, 4.69) is 15.6 Å². The predicted molar refractivity (Wildman–Crippen MR) is 151 cm³/mol. The lowest BCUT2D eigenvalue weighted by molar-refractivity contribution is 0.415.